The van der Waals surface area contributed by atoms with Gasteiger partial charge in [0.1, 0.15) is 12.1 Å². The Labute approximate surface area is 137 Å². The lowest BCUT2D eigenvalue weighted by Gasteiger charge is -2.17. The number of carboxylic acid groups (broad SMARTS) is 3. The highest BCUT2D eigenvalue weighted by molar-refractivity contribution is 5.90. The fourth-order valence-electron chi connectivity index (χ4n) is 1.69. The molecule has 0 aromatic heterocycles. The molecule has 0 fully saturated rings. The van der Waals surface area contributed by atoms with Gasteiger partial charge in [-0.15, -0.1) is 0 Å². The van der Waals surface area contributed by atoms with Crippen LogP contribution in [-0.4, -0.2) is 63.7 Å². The molecule has 0 aliphatic rings. The lowest BCUT2D eigenvalue weighted by Crippen LogP contribution is -2.47. The first kappa shape index (κ1) is 21.3. The van der Waals surface area contributed by atoms with E-state index in [0.717, 1.165) is 0 Å². The summed E-state index contributed by atoms with van der Waals surface area (Å²) in [6.07, 6.45) is -1.16. The van der Waals surface area contributed by atoms with E-state index in [-0.39, 0.29) is 19.4 Å². The summed E-state index contributed by atoms with van der Waals surface area (Å²) >= 11 is 0. The monoisotopic (exact) mass is 347 g/mol. The number of hydrogen-bond donors (Lipinski definition) is 6. The van der Waals surface area contributed by atoms with E-state index in [1.54, 1.807) is 0 Å². The van der Waals surface area contributed by atoms with Crippen molar-refractivity contribution in [1.82, 2.24) is 10.6 Å². The van der Waals surface area contributed by atoms with Gasteiger partial charge >= 0.3 is 17.9 Å². The van der Waals surface area contributed by atoms with Gasteiger partial charge in [0.15, 0.2) is 0 Å². The third-order valence-corrected chi connectivity index (χ3v) is 2.91. The summed E-state index contributed by atoms with van der Waals surface area (Å²) in [5.74, 6) is -5.65. The molecule has 0 saturated heterocycles. The lowest BCUT2D eigenvalue weighted by atomic mass is 10.1. The zero-order valence-corrected chi connectivity index (χ0v) is 12.9. The molecular weight excluding hydrogens is 326 g/mol. The first-order chi connectivity index (χ1) is 11.2. The van der Waals surface area contributed by atoms with Crippen molar-refractivity contribution >= 4 is 29.7 Å². The van der Waals surface area contributed by atoms with E-state index in [1.807, 2.05) is 5.32 Å². The van der Waals surface area contributed by atoms with Crippen molar-refractivity contribution in [3.8, 4) is 0 Å². The Balaban J connectivity index is 4.63. The van der Waals surface area contributed by atoms with Crippen molar-refractivity contribution in [3.63, 3.8) is 0 Å². The van der Waals surface area contributed by atoms with E-state index < -0.39 is 54.6 Å². The molecule has 0 bridgehead atoms. The molecule has 0 aromatic rings. The minimum atomic E-state index is -1.52. The Hall–Kier alpha value is -2.69. The molecule has 0 saturated carbocycles. The van der Waals surface area contributed by atoms with Crippen LogP contribution in [0.15, 0.2) is 0 Å². The number of carboxylic acids is 3. The summed E-state index contributed by atoms with van der Waals surface area (Å²) in [6.45, 7) is 0.246. The van der Waals surface area contributed by atoms with Crippen molar-refractivity contribution in [2.75, 3.05) is 6.54 Å². The number of nitrogens with one attached hydrogen (secondary N) is 2. The smallest absolute Gasteiger partial charge is 0.326 e. The zero-order chi connectivity index (χ0) is 18.7. The van der Waals surface area contributed by atoms with Crippen LogP contribution in [0.4, 0.5) is 0 Å². The largest absolute Gasteiger partial charge is 0.481 e. The topological polar surface area (TPSA) is 196 Å². The van der Waals surface area contributed by atoms with E-state index in [2.05, 4.69) is 5.32 Å². The lowest BCUT2D eigenvalue weighted by molar-refractivity contribution is -0.145. The van der Waals surface area contributed by atoms with Crippen LogP contribution < -0.4 is 16.4 Å². The number of carbonyl (C=O) groups is 5. The van der Waals surface area contributed by atoms with E-state index in [1.165, 1.54) is 0 Å². The molecule has 2 amide bonds. The van der Waals surface area contributed by atoms with Gasteiger partial charge in [0, 0.05) is 12.8 Å². The van der Waals surface area contributed by atoms with Crippen LogP contribution in [0.3, 0.4) is 0 Å². The van der Waals surface area contributed by atoms with E-state index in [4.69, 9.17) is 21.1 Å². The fraction of sp³-hybridized carbons (Fsp3) is 0.615. The van der Waals surface area contributed by atoms with Gasteiger partial charge < -0.3 is 31.7 Å². The Morgan fingerprint density at radius 1 is 0.833 bits per heavy atom. The van der Waals surface area contributed by atoms with Gasteiger partial charge in [-0.3, -0.25) is 14.4 Å². The van der Waals surface area contributed by atoms with Gasteiger partial charge in [-0.05, 0) is 19.4 Å². The fourth-order valence-corrected chi connectivity index (χ4v) is 1.69. The summed E-state index contributed by atoms with van der Waals surface area (Å²) in [5.41, 5.74) is 5.22. The van der Waals surface area contributed by atoms with Gasteiger partial charge in [-0.1, -0.05) is 0 Å². The summed E-state index contributed by atoms with van der Waals surface area (Å²) in [6, 6.07) is -2.99. The molecule has 0 aromatic carbocycles. The van der Waals surface area contributed by atoms with Crippen molar-refractivity contribution in [2.45, 2.75) is 44.2 Å². The number of aliphatic carboxylic acids is 3. The first-order valence-electron chi connectivity index (χ1n) is 7.13. The highest BCUT2D eigenvalue weighted by atomic mass is 16.4. The zero-order valence-electron chi connectivity index (χ0n) is 12.9. The minimum Gasteiger partial charge on any atom is -0.481 e. The second-order valence-corrected chi connectivity index (χ2v) is 4.95. The average molecular weight is 347 g/mol. The molecule has 0 spiro atoms. The second-order valence-electron chi connectivity index (χ2n) is 4.95. The predicted molar refractivity (Wildman–Crippen MR) is 78.9 cm³/mol. The summed E-state index contributed by atoms with van der Waals surface area (Å²) < 4.78 is 0. The molecule has 0 rings (SSSR count). The molecule has 0 radical (unpaired) electrons. The van der Waals surface area contributed by atoms with Gasteiger partial charge in [-0.25, -0.2) is 9.59 Å². The molecule has 2 atom stereocenters. The van der Waals surface area contributed by atoms with Crippen LogP contribution in [0.5, 0.6) is 0 Å². The third-order valence-electron chi connectivity index (χ3n) is 2.91. The maximum absolute atomic E-state index is 11.8. The van der Waals surface area contributed by atoms with Gasteiger partial charge in [-0.2, -0.15) is 0 Å². The molecule has 136 valence electrons. The molecule has 7 N–H and O–H groups in total. The van der Waals surface area contributed by atoms with Gasteiger partial charge in [0.2, 0.25) is 11.8 Å². The van der Waals surface area contributed by atoms with Crippen LogP contribution in [0.2, 0.25) is 0 Å². The SMILES string of the molecule is NCCCC(=O)N[C@H](CC(=O)N[C@@H](CCC(=O)O)C(=O)O)C(=O)O. The number of nitrogens with two attached hydrogens (primary N) is 1. The number of amides is 2. The summed E-state index contributed by atoms with van der Waals surface area (Å²) in [7, 11) is 0. The van der Waals surface area contributed by atoms with Crippen molar-refractivity contribution in [3.05, 3.63) is 0 Å². The van der Waals surface area contributed by atoms with Crippen LogP contribution in [-0.2, 0) is 24.0 Å². The van der Waals surface area contributed by atoms with Crippen LogP contribution in [0.1, 0.15) is 32.1 Å². The quantitative estimate of drug-likeness (QED) is 0.234. The van der Waals surface area contributed by atoms with Crippen molar-refractivity contribution in [2.24, 2.45) is 5.73 Å². The van der Waals surface area contributed by atoms with Crippen LogP contribution in [0, 0.1) is 0 Å². The van der Waals surface area contributed by atoms with E-state index in [9.17, 15) is 24.0 Å². The Morgan fingerprint density at radius 2 is 1.38 bits per heavy atom. The Bertz CT molecular complexity index is 494. The molecule has 24 heavy (non-hydrogen) atoms. The molecular formula is C13H21N3O8. The highest BCUT2D eigenvalue weighted by Crippen LogP contribution is 2.01. The number of rotatable bonds is 12. The molecule has 11 heteroatoms. The Kier molecular flexibility index (Phi) is 9.71. The Morgan fingerprint density at radius 3 is 1.83 bits per heavy atom. The standard InChI is InChI=1S/C13H21N3O8/c14-5-1-2-9(17)16-8(13(23)24)6-10(18)15-7(12(21)22)3-4-11(19)20/h7-8H,1-6,14H2,(H,15,18)(H,16,17)(H,19,20)(H,21,22)(H,23,24)/t7-,8+/m0/s1. The number of carbonyl (C=O) groups excluding carboxylic acids is 2. The molecule has 0 heterocycles. The van der Waals surface area contributed by atoms with E-state index in [0.29, 0.717) is 6.42 Å². The average Bonchev–Trinajstić information content (AvgIpc) is 2.47. The minimum absolute atomic E-state index is 0.00172. The molecule has 0 aliphatic heterocycles. The highest BCUT2D eigenvalue weighted by Gasteiger charge is 2.26. The normalized spacial score (nSPS) is 12.7. The molecule has 0 unspecified atom stereocenters. The van der Waals surface area contributed by atoms with Gasteiger partial charge in [0.05, 0.1) is 6.42 Å². The van der Waals surface area contributed by atoms with Crippen molar-refractivity contribution in [1.29, 1.82) is 0 Å². The maximum atomic E-state index is 11.8. The third kappa shape index (κ3) is 9.35. The first-order valence-corrected chi connectivity index (χ1v) is 7.13. The van der Waals surface area contributed by atoms with Gasteiger partial charge in [0.25, 0.3) is 0 Å². The summed E-state index contributed by atoms with van der Waals surface area (Å²) in [5, 5.41) is 30.6. The molecule has 11 nitrogen and oxygen atoms in total. The maximum Gasteiger partial charge on any atom is 0.326 e. The van der Waals surface area contributed by atoms with Crippen LogP contribution >= 0.6 is 0 Å². The van der Waals surface area contributed by atoms with Crippen molar-refractivity contribution < 1.29 is 39.3 Å². The summed E-state index contributed by atoms with van der Waals surface area (Å²) in [4.78, 5) is 55.7. The second kappa shape index (κ2) is 10.9. The predicted octanol–water partition coefficient (Wildman–Crippen LogP) is -1.88. The van der Waals surface area contributed by atoms with Crippen LogP contribution in [0.25, 0.3) is 0 Å². The van der Waals surface area contributed by atoms with E-state index >= 15 is 0 Å². The number of hydrogen-bond acceptors (Lipinski definition) is 6. The molecule has 0 aliphatic carbocycles.